The number of hydrogen-bond donors (Lipinski definition) is 3. The Morgan fingerprint density at radius 1 is 1.25 bits per heavy atom. The minimum atomic E-state index is -1.12. The Balaban J connectivity index is 1.88. The van der Waals surface area contributed by atoms with E-state index in [1.54, 1.807) is 17.7 Å². The van der Waals surface area contributed by atoms with Crippen LogP contribution in [0.2, 0.25) is 0 Å². The van der Waals surface area contributed by atoms with E-state index in [2.05, 4.69) is 27.3 Å². The van der Waals surface area contributed by atoms with Crippen LogP contribution in [0.4, 0.5) is 5.82 Å². The Morgan fingerprint density at radius 2 is 2.03 bits per heavy atom. The van der Waals surface area contributed by atoms with Gasteiger partial charge in [-0.05, 0) is 26.0 Å². The monoisotopic (exact) mass is 438 g/mol. The summed E-state index contributed by atoms with van der Waals surface area (Å²) in [5.74, 6) is 6.81. The standard InChI is InChI=1S/C23H26N4O5/c1-4-31-26-20-18-16(11-10-15-8-6-5-7-9-15)12-27(21(18)25-14-24-20)22-23(2,30-3)19(29)17(13-28)32-22/h5-9,12,14,17,19,22,28-29H,4,13H2,1-3H3,(H,24,25,26)/t17?,19?,22-,23?/m1/s1. The van der Waals surface area contributed by atoms with Crippen molar-refractivity contribution in [2.75, 3.05) is 25.8 Å². The van der Waals surface area contributed by atoms with Gasteiger partial charge in [-0.15, -0.1) is 0 Å². The summed E-state index contributed by atoms with van der Waals surface area (Å²) in [7, 11) is 1.50. The van der Waals surface area contributed by atoms with Crippen molar-refractivity contribution in [1.29, 1.82) is 0 Å². The summed E-state index contributed by atoms with van der Waals surface area (Å²) in [6, 6.07) is 9.62. The second-order valence-corrected chi connectivity index (χ2v) is 7.56. The van der Waals surface area contributed by atoms with Gasteiger partial charge in [-0.3, -0.25) is 4.84 Å². The van der Waals surface area contributed by atoms with E-state index in [1.165, 1.54) is 13.4 Å². The molecule has 32 heavy (non-hydrogen) atoms. The minimum Gasteiger partial charge on any atom is -0.394 e. The SMILES string of the molecule is CCONc1ncnc2c1c(C#Cc1ccccc1)cn2[C@@H]1OC(CO)C(O)C1(C)OC. The largest absolute Gasteiger partial charge is 0.394 e. The molecule has 3 heterocycles. The molecule has 1 aliphatic heterocycles. The molecule has 0 radical (unpaired) electrons. The van der Waals surface area contributed by atoms with Crippen LogP contribution in [0.25, 0.3) is 11.0 Å². The van der Waals surface area contributed by atoms with Gasteiger partial charge in [-0.1, -0.05) is 30.0 Å². The van der Waals surface area contributed by atoms with E-state index in [0.29, 0.717) is 29.0 Å². The number of nitrogens with one attached hydrogen (secondary N) is 1. The van der Waals surface area contributed by atoms with Crippen LogP contribution in [-0.4, -0.2) is 62.9 Å². The van der Waals surface area contributed by atoms with Gasteiger partial charge in [0.25, 0.3) is 0 Å². The lowest BCUT2D eigenvalue weighted by Crippen LogP contribution is -2.46. The Kier molecular flexibility index (Phi) is 6.41. The maximum absolute atomic E-state index is 10.7. The fourth-order valence-corrected chi connectivity index (χ4v) is 3.83. The number of fused-ring (bicyclic) bond motifs is 1. The lowest BCUT2D eigenvalue weighted by molar-refractivity contribution is -0.118. The molecule has 4 rings (SSSR count). The molecule has 0 amide bonds. The predicted octanol–water partition coefficient (Wildman–Crippen LogP) is 1.85. The first-order valence-corrected chi connectivity index (χ1v) is 10.3. The van der Waals surface area contributed by atoms with Gasteiger partial charge < -0.3 is 24.3 Å². The van der Waals surface area contributed by atoms with Crippen molar-refractivity contribution in [1.82, 2.24) is 14.5 Å². The first kappa shape index (κ1) is 22.2. The number of benzene rings is 1. The molecule has 0 saturated carbocycles. The van der Waals surface area contributed by atoms with Gasteiger partial charge in [-0.25, -0.2) is 15.4 Å². The third-order valence-corrected chi connectivity index (χ3v) is 5.64. The zero-order valence-corrected chi connectivity index (χ0v) is 18.1. The molecule has 1 fully saturated rings. The molecule has 0 bridgehead atoms. The molecule has 9 heteroatoms. The third kappa shape index (κ3) is 3.83. The first-order valence-electron chi connectivity index (χ1n) is 10.3. The lowest BCUT2D eigenvalue weighted by Gasteiger charge is -2.31. The molecule has 1 aliphatic rings. The molecule has 9 nitrogen and oxygen atoms in total. The summed E-state index contributed by atoms with van der Waals surface area (Å²) in [5.41, 5.74) is 3.76. The van der Waals surface area contributed by atoms with Crippen molar-refractivity contribution in [3.05, 3.63) is 54.0 Å². The van der Waals surface area contributed by atoms with Crippen molar-refractivity contribution >= 4 is 16.9 Å². The van der Waals surface area contributed by atoms with Crippen molar-refractivity contribution < 1.29 is 24.5 Å². The number of aliphatic hydroxyl groups is 2. The topological polar surface area (TPSA) is 111 Å². The molecule has 3 N–H and O–H groups in total. The van der Waals surface area contributed by atoms with Crippen LogP contribution in [0.15, 0.2) is 42.9 Å². The van der Waals surface area contributed by atoms with Crippen LogP contribution in [0.1, 0.15) is 31.2 Å². The van der Waals surface area contributed by atoms with Crippen molar-refractivity contribution in [2.24, 2.45) is 0 Å². The normalized spacial score (nSPS) is 25.0. The van der Waals surface area contributed by atoms with Crippen molar-refractivity contribution in [3.63, 3.8) is 0 Å². The highest BCUT2D eigenvalue weighted by Crippen LogP contribution is 2.43. The van der Waals surface area contributed by atoms with Crippen LogP contribution in [-0.2, 0) is 14.3 Å². The van der Waals surface area contributed by atoms with Crippen molar-refractivity contribution in [2.45, 2.75) is 37.9 Å². The molecular formula is C23H26N4O5. The average molecular weight is 438 g/mol. The molecule has 4 atom stereocenters. The van der Waals surface area contributed by atoms with Gasteiger partial charge in [0.1, 0.15) is 29.8 Å². The van der Waals surface area contributed by atoms with E-state index in [4.69, 9.17) is 14.3 Å². The fraction of sp³-hybridized carbons (Fsp3) is 0.391. The Morgan fingerprint density at radius 3 is 2.72 bits per heavy atom. The molecule has 3 unspecified atom stereocenters. The maximum Gasteiger partial charge on any atom is 0.167 e. The number of methoxy groups -OCH3 is 1. The molecule has 2 aromatic heterocycles. The number of aliphatic hydroxyl groups excluding tert-OH is 2. The number of hydrogen-bond acceptors (Lipinski definition) is 8. The maximum atomic E-state index is 10.7. The van der Waals surface area contributed by atoms with E-state index in [1.807, 2.05) is 37.3 Å². The predicted molar refractivity (Wildman–Crippen MR) is 118 cm³/mol. The molecule has 0 spiro atoms. The van der Waals surface area contributed by atoms with Gasteiger partial charge in [0.15, 0.2) is 12.0 Å². The summed E-state index contributed by atoms with van der Waals surface area (Å²) in [6.07, 6.45) is 0.601. The smallest absolute Gasteiger partial charge is 0.167 e. The molecule has 1 aromatic carbocycles. The minimum absolute atomic E-state index is 0.345. The third-order valence-electron chi connectivity index (χ3n) is 5.64. The zero-order valence-electron chi connectivity index (χ0n) is 18.1. The quantitative estimate of drug-likeness (QED) is 0.395. The summed E-state index contributed by atoms with van der Waals surface area (Å²) in [5, 5.41) is 21.0. The van der Waals surface area contributed by atoms with Crippen molar-refractivity contribution in [3.8, 4) is 11.8 Å². The molecule has 168 valence electrons. The number of nitrogens with zero attached hydrogens (tertiary/aromatic N) is 3. The highest BCUT2D eigenvalue weighted by molar-refractivity contribution is 5.93. The summed E-state index contributed by atoms with van der Waals surface area (Å²) in [6.45, 7) is 3.69. The number of anilines is 1. The molecule has 0 aliphatic carbocycles. The number of rotatable bonds is 6. The van der Waals surface area contributed by atoms with Gasteiger partial charge in [-0.2, -0.15) is 0 Å². The zero-order chi connectivity index (χ0) is 22.7. The van der Waals surface area contributed by atoms with Crippen LogP contribution >= 0.6 is 0 Å². The summed E-state index contributed by atoms with van der Waals surface area (Å²) < 4.78 is 13.4. The highest BCUT2D eigenvalue weighted by atomic mass is 16.6. The Bertz CT molecular complexity index is 1140. The summed E-state index contributed by atoms with van der Waals surface area (Å²) in [4.78, 5) is 14.1. The summed E-state index contributed by atoms with van der Waals surface area (Å²) >= 11 is 0. The van der Waals surface area contributed by atoms with E-state index in [-0.39, 0.29) is 6.61 Å². The number of ether oxygens (including phenoxy) is 2. The van der Waals surface area contributed by atoms with Crippen LogP contribution < -0.4 is 5.48 Å². The molecule has 3 aromatic rings. The second kappa shape index (κ2) is 9.24. The van der Waals surface area contributed by atoms with Crippen LogP contribution in [0.5, 0.6) is 0 Å². The van der Waals surface area contributed by atoms with E-state index < -0.39 is 24.0 Å². The van der Waals surface area contributed by atoms with E-state index >= 15 is 0 Å². The lowest BCUT2D eigenvalue weighted by atomic mass is 9.96. The Labute approximate surface area is 185 Å². The van der Waals surface area contributed by atoms with Crippen LogP contribution in [0.3, 0.4) is 0 Å². The Hall–Kier alpha value is -3.00. The van der Waals surface area contributed by atoms with Gasteiger partial charge in [0.05, 0.1) is 24.2 Å². The molecule has 1 saturated heterocycles. The van der Waals surface area contributed by atoms with Gasteiger partial charge in [0, 0.05) is 18.9 Å². The van der Waals surface area contributed by atoms with Gasteiger partial charge in [0.2, 0.25) is 0 Å². The molecular weight excluding hydrogens is 412 g/mol. The average Bonchev–Trinajstić information content (AvgIpc) is 3.32. The first-order chi connectivity index (χ1) is 15.5. The van der Waals surface area contributed by atoms with Gasteiger partial charge >= 0.3 is 0 Å². The highest BCUT2D eigenvalue weighted by Gasteiger charge is 2.54. The number of aromatic nitrogens is 3. The van der Waals surface area contributed by atoms with Crippen LogP contribution in [0, 0.1) is 11.8 Å². The fourth-order valence-electron chi connectivity index (χ4n) is 3.83. The van der Waals surface area contributed by atoms with E-state index in [0.717, 1.165) is 5.56 Å². The van der Waals surface area contributed by atoms with E-state index in [9.17, 15) is 10.2 Å². The second-order valence-electron chi connectivity index (χ2n) is 7.56.